The van der Waals surface area contributed by atoms with Crippen LogP contribution in [0.1, 0.15) is 17.2 Å². The third-order valence-electron chi connectivity index (χ3n) is 2.34. The lowest BCUT2D eigenvalue weighted by molar-refractivity contribution is 0.176. The molecule has 1 N–H and O–H groups in total. The first-order valence-corrected chi connectivity index (χ1v) is 4.47. The zero-order valence-electron chi connectivity index (χ0n) is 8.01. The van der Waals surface area contributed by atoms with E-state index in [2.05, 4.69) is 10.1 Å². The predicted octanol–water partition coefficient (Wildman–Crippen LogP) is 2.05. The maximum Gasteiger partial charge on any atom is 0.407 e. The predicted molar refractivity (Wildman–Crippen MR) is 48.3 cm³/mol. The summed E-state index contributed by atoms with van der Waals surface area (Å²) in [7, 11) is 0. The molecule has 1 aromatic carbocycles. The summed E-state index contributed by atoms with van der Waals surface area (Å²) in [6, 6.07) is 1.79. The molecular formula is C10H9F2NO2. The van der Waals surface area contributed by atoms with E-state index in [9.17, 15) is 13.6 Å². The standard InChI is InChI=1S/C10H9F2NO2/c1-5-2-3-6(11)8(9(5)12)7-4-15-10(14)13-7/h2-3,7H,4H2,1H3,(H,13,14)/t7-/m1/s1. The Labute approximate surface area is 85.0 Å². The summed E-state index contributed by atoms with van der Waals surface area (Å²) in [5.74, 6) is -1.31. The highest BCUT2D eigenvalue weighted by molar-refractivity contribution is 5.70. The number of rotatable bonds is 1. The van der Waals surface area contributed by atoms with Crippen LogP contribution in [0.4, 0.5) is 13.6 Å². The zero-order valence-corrected chi connectivity index (χ0v) is 8.01. The molecule has 0 bridgehead atoms. The van der Waals surface area contributed by atoms with Gasteiger partial charge in [-0.05, 0) is 18.6 Å². The van der Waals surface area contributed by atoms with E-state index in [0.29, 0.717) is 5.56 Å². The van der Waals surface area contributed by atoms with E-state index in [4.69, 9.17) is 0 Å². The fourth-order valence-corrected chi connectivity index (χ4v) is 1.54. The van der Waals surface area contributed by atoms with Crippen LogP contribution in [0.3, 0.4) is 0 Å². The molecule has 1 saturated heterocycles. The first-order chi connectivity index (χ1) is 7.09. The molecule has 0 spiro atoms. The molecule has 1 amide bonds. The monoisotopic (exact) mass is 213 g/mol. The largest absolute Gasteiger partial charge is 0.447 e. The second kappa shape index (κ2) is 3.49. The van der Waals surface area contributed by atoms with Gasteiger partial charge in [0.2, 0.25) is 0 Å². The third-order valence-corrected chi connectivity index (χ3v) is 2.34. The first-order valence-electron chi connectivity index (χ1n) is 4.47. The van der Waals surface area contributed by atoms with Gasteiger partial charge in [-0.1, -0.05) is 6.07 Å². The number of carbonyl (C=O) groups is 1. The highest BCUT2D eigenvalue weighted by Crippen LogP contribution is 2.25. The number of alkyl carbamates (subject to hydrolysis) is 1. The second-order valence-electron chi connectivity index (χ2n) is 3.39. The molecule has 0 aromatic heterocycles. The van der Waals surface area contributed by atoms with Crippen LogP contribution < -0.4 is 5.32 Å². The summed E-state index contributed by atoms with van der Waals surface area (Å²) < 4.78 is 31.5. The smallest absolute Gasteiger partial charge is 0.407 e. The number of ether oxygens (including phenoxy) is 1. The van der Waals surface area contributed by atoms with Gasteiger partial charge in [0.05, 0.1) is 6.04 Å². The zero-order chi connectivity index (χ0) is 11.0. The Bertz CT molecular complexity index is 420. The Kier molecular flexibility index (Phi) is 2.30. The van der Waals surface area contributed by atoms with Crippen LogP contribution in [0.2, 0.25) is 0 Å². The van der Waals surface area contributed by atoms with E-state index in [-0.39, 0.29) is 12.2 Å². The minimum Gasteiger partial charge on any atom is -0.447 e. The lowest BCUT2D eigenvalue weighted by Gasteiger charge is -2.11. The van der Waals surface area contributed by atoms with Gasteiger partial charge in [0, 0.05) is 5.56 Å². The van der Waals surface area contributed by atoms with E-state index < -0.39 is 23.8 Å². The van der Waals surface area contributed by atoms with Gasteiger partial charge in [-0.25, -0.2) is 13.6 Å². The van der Waals surface area contributed by atoms with E-state index in [1.165, 1.54) is 19.1 Å². The van der Waals surface area contributed by atoms with Crippen molar-refractivity contribution in [2.24, 2.45) is 0 Å². The Morgan fingerprint density at radius 3 is 2.80 bits per heavy atom. The fraction of sp³-hybridized carbons (Fsp3) is 0.300. The normalized spacial score (nSPS) is 19.9. The average Bonchev–Trinajstić information content (AvgIpc) is 2.59. The SMILES string of the molecule is Cc1ccc(F)c([C@H]2COC(=O)N2)c1F. The lowest BCUT2D eigenvalue weighted by atomic mass is 10.0. The molecule has 1 aliphatic heterocycles. The molecule has 1 heterocycles. The number of aryl methyl sites for hydroxylation is 1. The molecule has 5 heteroatoms. The van der Waals surface area contributed by atoms with Crippen LogP contribution in [0.5, 0.6) is 0 Å². The van der Waals surface area contributed by atoms with Crippen LogP contribution >= 0.6 is 0 Å². The number of hydrogen-bond donors (Lipinski definition) is 1. The number of cyclic esters (lactones) is 1. The number of halogens is 2. The van der Waals surface area contributed by atoms with E-state index in [1.54, 1.807) is 0 Å². The first kappa shape index (κ1) is 9.89. The van der Waals surface area contributed by atoms with Gasteiger partial charge in [-0.2, -0.15) is 0 Å². The van der Waals surface area contributed by atoms with Crippen LogP contribution in [-0.4, -0.2) is 12.7 Å². The summed E-state index contributed by atoms with van der Waals surface area (Å²) in [4.78, 5) is 10.8. The minimum absolute atomic E-state index is 0.0455. The Balaban J connectivity index is 2.43. The Morgan fingerprint density at radius 2 is 2.20 bits per heavy atom. The number of amides is 1. The van der Waals surface area contributed by atoms with Gasteiger partial charge in [0.25, 0.3) is 0 Å². The van der Waals surface area contributed by atoms with Crippen molar-refractivity contribution in [3.05, 3.63) is 34.9 Å². The van der Waals surface area contributed by atoms with Crippen molar-refractivity contribution < 1.29 is 18.3 Å². The Morgan fingerprint density at radius 1 is 1.47 bits per heavy atom. The molecule has 0 saturated carbocycles. The molecule has 2 rings (SSSR count). The highest BCUT2D eigenvalue weighted by Gasteiger charge is 2.29. The summed E-state index contributed by atoms with van der Waals surface area (Å²) in [6.07, 6.45) is -0.652. The van der Waals surface area contributed by atoms with Gasteiger partial charge >= 0.3 is 6.09 Å². The van der Waals surface area contributed by atoms with Crippen LogP contribution in [-0.2, 0) is 4.74 Å². The van der Waals surface area contributed by atoms with Crippen molar-refractivity contribution >= 4 is 6.09 Å². The molecule has 0 radical (unpaired) electrons. The summed E-state index contributed by atoms with van der Waals surface area (Å²) in [5.41, 5.74) is 0.202. The quantitative estimate of drug-likeness (QED) is 0.775. The average molecular weight is 213 g/mol. The fourth-order valence-electron chi connectivity index (χ4n) is 1.54. The Hall–Kier alpha value is -1.65. The van der Waals surface area contributed by atoms with Crippen molar-refractivity contribution in [3.8, 4) is 0 Å². The van der Waals surface area contributed by atoms with Gasteiger partial charge in [0.15, 0.2) is 0 Å². The third kappa shape index (κ3) is 1.65. The van der Waals surface area contributed by atoms with Crippen LogP contribution in [0.15, 0.2) is 12.1 Å². The molecule has 1 aromatic rings. The summed E-state index contributed by atoms with van der Waals surface area (Å²) in [6.45, 7) is 1.49. The van der Waals surface area contributed by atoms with Crippen molar-refractivity contribution in [2.75, 3.05) is 6.61 Å². The van der Waals surface area contributed by atoms with Crippen molar-refractivity contribution in [1.82, 2.24) is 5.32 Å². The van der Waals surface area contributed by atoms with E-state index in [1.807, 2.05) is 0 Å². The molecule has 80 valence electrons. The maximum atomic E-state index is 13.6. The lowest BCUT2D eigenvalue weighted by Crippen LogP contribution is -2.21. The molecular weight excluding hydrogens is 204 g/mol. The highest BCUT2D eigenvalue weighted by atomic mass is 19.1. The minimum atomic E-state index is -0.739. The van der Waals surface area contributed by atoms with Crippen LogP contribution in [0.25, 0.3) is 0 Å². The van der Waals surface area contributed by atoms with Gasteiger partial charge in [-0.15, -0.1) is 0 Å². The maximum absolute atomic E-state index is 13.6. The van der Waals surface area contributed by atoms with Crippen LogP contribution in [0, 0.1) is 18.6 Å². The molecule has 0 aliphatic carbocycles. The molecule has 1 atom stereocenters. The number of carbonyl (C=O) groups excluding carboxylic acids is 1. The molecule has 1 fully saturated rings. The number of benzene rings is 1. The van der Waals surface area contributed by atoms with Crippen molar-refractivity contribution in [2.45, 2.75) is 13.0 Å². The topological polar surface area (TPSA) is 38.3 Å². The van der Waals surface area contributed by atoms with E-state index >= 15 is 0 Å². The second-order valence-corrected chi connectivity index (χ2v) is 3.39. The van der Waals surface area contributed by atoms with Gasteiger partial charge in [0.1, 0.15) is 18.2 Å². The van der Waals surface area contributed by atoms with Crippen molar-refractivity contribution in [1.29, 1.82) is 0 Å². The molecule has 1 aliphatic rings. The summed E-state index contributed by atoms with van der Waals surface area (Å²) in [5, 5.41) is 2.34. The molecule has 3 nitrogen and oxygen atoms in total. The number of nitrogens with one attached hydrogen (secondary N) is 1. The summed E-state index contributed by atoms with van der Waals surface area (Å²) >= 11 is 0. The van der Waals surface area contributed by atoms with Crippen molar-refractivity contribution in [3.63, 3.8) is 0 Å². The molecule has 15 heavy (non-hydrogen) atoms. The number of hydrogen-bond acceptors (Lipinski definition) is 2. The molecule has 0 unspecified atom stereocenters. The van der Waals surface area contributed by atoms with E-state index in [0.717, 1.165) is 0 Å². The van der Waals surface area contributed by atoms with Gasteiger partial charge in [-0.3, -0.25) is 0 Å². The van der Waals surface area contributed by atoms with Gasteiger partial charge < -0.3 is 10.1 Å².